The molecule has 0 spiro atoms. The minimum atomic E-state index is -0.267. The van der Waals surface area contributed by atoms with Gasteiger partial charge in [0.2, 0.25) is 5.82 Å². The van der Waals surface area contributed by atoms with Crippen molar-refractivity contribution < 1.29 is 4.74 Å². The van der Waals surface area contributed by atoms with Crippen LogP contribution in [-0.4, -0.2) is 32.7 Å². The molecule has 0 bridgehead atoms. The fourth-order valence-corrected chi connectivity index (χ4v) is 1.75. The monoisotopic (exact) mass is 243 g/mol. The average Bonchev–Trinajstić information content (AvgIpc) is 2.91. The predicted molar refractivity (Wildman–Crippen MR) is 64.3 cm³/mol. The normalized spacial score (nSPS) is 10.7. The second-order valence-corrected chi connectivity index (χ2v) is 3.70. The maximum absolute atomic E-state index is 11.9. The van der Waals surface area contributed by atoms with Crippen LogP contribution in [0.15, 0.2) is 29.1 Å². The molecule has 0 aliphatic rings. The Kier molecular flexibility index (Phi) is 2.30. The molecule has 0 unspecified atom stereocenters. The van der Waals surface area contributed by atoms with E-state index in [4.69, 9.17) is 4.74 Å². The molecule has 7 nitrogen and oxygen atoms in total. The molecule has 2 aromatic heterocycles. The lowest BCUT2D eigenvalue weighted by atomic mass is 10.1. The van der Waals surface area contributed by atoms with E-state index in [-0.39, 0.29) is 11.4 Å². The van der Waals surface area contributed by atoms with Crippen molar-refractivity contribution in [3.05, 3.63) is 34.6 Å². The van der Waals surface area contributed by atoms with Gasteiger partial charge in [-0.2, -0.15) is 5.21 Å². The Hall–Kier alpha value is -2.70. The predicted octanol–water partition coefficient (Wildman–Crippen LogP) is 0.717. The van der Waals surface area contributed by atoms with E-state index in [2.05, 4.69) is 25.6 Å². The zero-order chi connectivity index (χ0) is 12.5. The molecule has 90 valence electrons. The van der Waals surface area contributed by atoms with E-state index in [1.165, 1.54) is 0 Å². The summed E-state index contributed by atoms with van der Waals surface area (Å²) in [5.74, 6) is 0.958. The van der Waals surface area contributed by atoms with Crippen LogP contribution in [0.4, 0.5) is 0 Å². The standard InChI is InChI=1S/C11H9N5O2/c1-18-7-3-2-6-4-8(10-13-15-16-14-10)11(17)12-9(6)5-7/h2-5H,1H3,(H,12,17)(H,13,14,15,16). The number of methoxy groups -OCH3 is 1. The molecule has 3 aromatic rings. The van der Waals surface area contributed by atoms with Gasteiger partial charge in [-0.1, -0.05) is 0 Å². The Morgan fingerprint density at radius 1 is 1.28 bits per heavy atom. The van der Waals surface area contributed by atoms with Gasteiger partial charge in [0, 0.05) is 6.07 Å². The third-order valence-corrected chi connectivity index (χ3v) is 2.64. The lowest BCUT2D eigenvalue weighted by molar-refractivity contribution is 0.415. The number of rotatable bonds is 2. The largest absolute Gasteiger partial charge is 0.497 e. The van der Waals surface area contributed by atoms with Crippen LogP contribution in [0, 0.1) is 0 Å². The highest BCUT2D eigenvalue weighted by Gasteiger charge is 2.09. The van der Waals surface area contributed by atoms with E-state index in [9.17, 15) is 4.79 Å². The van der Waals surface area contributed by atoms with Crippen LogP contribution in [0.2, 0.25) is 0 Å². The Balaban J connectivity index is 2.25. The van der Waals surface area contributed by atoms with Crippen LogP contribution in [0.25, 0.3) is 22.3 Å². The number of benzene rings is 1. The van der Waals surface area contributed by atoms with Gasteiger partial charge in [-0.25, -0.2) is 0 Å². The fraction of sp³-hybridized carbons (Fsp3) is 0.0909. The van der Waals surface area contributed by atoms with Crippen LogP contribution >= 0.6 is 0 Å². The number of pyridine rings is 1. The Morgan fingerprint density at radius 2 is 2.17 bits per heavy atom. The highest BCUT2D eigenvalue weighted by Crippen LogP contribution is 2.20. The summed E-state index contributed by atoms with van der Waals surface area (Å²) in [4.78, 5) is 14.7. The van der Waals surface area contributed by atoms with Crippen LogP contribution < -0.4 is 10.3 Å². The van der Waals surface area contributed by atoms with Gasteiger partial charge in [0.05, 0.1) is 18.2 Å². The molecule has 0 saturated carbocycles. The summed E-state index contributed by atoms with van der Waals surface area (Å²) in [5, 5.41) is 14.2. The van der Waals surface area contributed by atoms with Gasteiger partial charge in [-0.15, -0.1) is 10.2 Å². The highest BCUT2D eigenvalue weighted by molar-refractivity contribution is 5.83. The minimum absolute atomic E-state index is 0.267. The van der Waals surface area contributed by atoms with E-state index in [1.807, 2.05) is 12.1 Å². The van der Waals surface area contributed by atoms with E-state index in [0.717, 1.165) is 5.39 Å². The molecule has 0 fully saturated rings. The molecule has 0 aliphatic carbocycles. The SMILES string of the molecule is COc1ccc2cc(-c3nn[nH]n3)c(=O)[nH]c2c1. The maximum Gasteiger partial charge on any atom is 0.259 e. The number of hydrogen-bond donors (Lipinski definition) is 2. The van der Waals surface area contributed by atoms with Crippen molar-refractivity contribution in [1.82, 2.24) is 25.6 Å². The van der Waals surface area contributed by atoms with E-state index < -0.39 is 0 Å². The first-order valence-electron chi connectivity index (χ1n) is 5.23. The number of aromatic nitrogens is 5. The third-order valence-electron chi connectivity index (χ3n) is 2.64. The number of ether oxygens (including phenoxy) is 1. The van der Waals surface area contributed by atoms with Crippen molar-refractivity contribution in [2.24, 2.45) is 0 Å². The molecule has 0 atom stereocenters. The number of hydrogen-bond acceptors (Lipinski definition) is 5. The molecular formula is C11H9N5O2. The Morgan fingerprint density at radius 3 is 2.89 bits per heavy atom. The molecule has 7 heteroatoms. The number of H-pyrrole nitrogens is 2. The number of aromatic amines is 2. The third kappa shape index (κ3) is 1.61. The van der Waals surface area contributed by atoms with E-state index in [0.29, 0.717) is 16.8 Å². The fourth-order valence-electron chi connectivity index (χ4n) is 1.75. The zero-order valence-electron chi connectivity index (χ0n) is 9.47. The van der Waals surface area contributed by atoms with E-state index >= 15 is 0 Å². The second-order valence-electron chi connectivity index (χ2n) is 3.70. The summed E-state index contributed by atoms with van der Waals surface area (Å²) < 4.78 is 5.10. The average molecular weight is 243 g/mol. The summed E-state index contributed by atoms with van der Waals surface area (Å²) in [6.45, 7) is 0. The lowest BCUT2D eigenvalue weighted by Crippen LogP contribution is -2.09. The Bertz CT molecular complexity index is 748. The summed E-state index contributed by atoms with van der Waals surface area (Å²) in [6, 6.07) is 7.16. The molecular weight excluding hydrogens is 234 g/mol. The highest BCUT2D eigenvalue weighted by atomic mass is 16.5. The van der Waals surface area contributed by atoms with Gasteiger partial charge < -0.3 is 9.72 Å². The first kappa shape index (κ1) is 10.5. The van der Waals surface area contributed by atoms with Crippen LogP contribution in [0.3, 0.4) is 0 Å². The number of tetrazole rings is 1. The summed E-state index contributed by atoms with van der Waals surface area (Å²) in [6.07, 6.45) is 0. The first-order chi connectivity index (χ1) is 8.78. The summed E-state index contributed by atoms with van der Waals surface area (Å²) in [5.41, 5.74) is 0.810. The summed E-state index contributed by atoms with van der Waals surface area (Å²) >= 11 is 0. The molecule has 2 heterocycles. The van der Waals surface area contributed by atoms with Gasteiger partial charge in [0.15, 0.2) is 0 Å². The molecule has 2 N–H and O–H groups in total. The van der Waals surface area contributed by atoms with Crippen LogP contribution in [0.5, 0.6) is 5.75 Å². The topological polar surface area (TPSA) is 96.6 Å². The quantitative estimate of drug-likeness (QED) is 0.691. The molecule has 1 aromatic carbocycles. The van der Waals surface area contributed by atoms with Gasteiger partial charge in [-0.3, -0.25) is 4.79 Å². The zero-order valence-corrected chi connectivity index (χ0v) is 9.47. The smallest absolute Gasteiger partial charge is 0.259 e. The maximum atomic E-state index is 11.9. The summed E-state index contributed by atoms with van der Waals surface area (Å²) in [7, 11) is 1.58. The van der Waals surface area contributed by atoms with Crippen molar-refractivity contribution in [2.75, 3.05) is 7.11 Å². The molecule has 3 rings (SSSR count). The molecule has 0 aliphatic heterocycles. The number of nitrogens with zero attached hydrogens (tertiary/aromatic N) is 3. The molecule has 0 saturated heterocycles. The van der Waals surface area contributed by atoms with Crippen molar-refractivity contribution >= 4 is 10.9 Å². The lowest BCUT2D eigenvalue weighted by Gasteiger charge is -2.03. The van der Waals surface area contributed by atoms with Crippen molar-refractivity contribution in [3.8, 4) is 17.1 Å². The van der Waals surface area contributed by atoms with Crippen molar-refractivity contribution in [1.29, 1.82) is 0 Å². The van der Waals surface area contributed by atoms with Gasteiger partial charge in [0.25, 0.3) is 5.56 Å². The van der Waals surface area contributed by atoms with Gasteiger partial charge >= 0.3 is 0 Å². The minimum Gasteiger partial charge on any atom is -0.497 e. The molecule has 18 heavy (non-hydrogen) atoms. The van der Waals surface area contributed by atoms with Gasteiger partial charge in [0.1, 0.15) is 5.75 Å². The molecule has 0 amide bonds. The second kappa shape index (κ2) is 3.95. The number of fused-ring (bicyclic) bond motifs is 1. The van der Waals surface area contributed by atoms with Gasteiger partial charge in [-0.05, 0) is 28.8 Å². The Labute approximate surface area is 101 Å². The first-order valence-corrected chi connectivity index (χ1v) is 5.23. The van der Waals surface area contributed by atoms with Crippen LogP contribution in [-0.2, 0) is 0 Å². The van der Waals surface area contributed by atoms with E-state index in [1.54, 1.807) is 19.2 Å². The van der Waals surface area contributed by atoms with Crippen molar-refractivity contribution in [2.45, 2.75) is 0 Å². The molecule has 0 radical (unpaired) electrons. The number of nitrogens with one attached hydrogen (secondary N) is 2. The van der Waals surface area contributed by atoms with Crippen molar-refractivity contribution in [3.63, 3.8) is 0 Å². The van der Waals surface area contributed by atoms with Crippen LogP contribution in [0.1, 0.15) is 0 Å².